The van der Waals surface area contributed by atoms with Crippen LogP contribution in [0.4, 0.5) is 5.82 Å². The second-order valence-electron chi connectivity index (χ2n) is 18.5. The Labute approximate surface area is 425 Å². The Morgan fingerprint density at radius 1 is 0.833 bits per heavy atom. The molecule has 0 aromatic carbocycles. The monoisotopic (exact) mass is 1100 g/mol. The maximum absolute atomic E-state index is 12.7. The van der Waals surface area contributed by atoms with E-state index in [4.69, 9.17) is 10.5 Å². The fraction of sp³-hybridized carbons (Fsp3) is 0.814. The van der Waals surface area contributed by atoms with E-state index in [0.717, 1.165) is 54.7 Å². The Bertz CT molecular complexity index is 2100. The van der Waals surface area contributed by atoms with Crippen molar-refractivity contribution < 1.29 is 85.6 Å². The number of nitrogen functional groups attached to an aromatic ring is 1. The van der Waals surface area contributed by atoms with E-state index in [1.54, 1.807) is 0 Å². The Morgan fingerprint density at radius 2 is 1.39 bits per heavy atom. The summed E-state index contributed by atoms with van der Waals surface area (Å²) < 4.78 is 60.9. The van der Waals surface area contributed by atoms with Gasteiger partial charge in [-0.1, -0.05) is 148 Å². The summed E-state index contributed by atoms with van der Waals surface area (Å²) in [5.41, 5.74) is 4.06. The maximum atomic E-state index is 12.7. The summed E-state index contributed by atoms with van der Waals surface area (Å²) in [5, 5.41) is 36.3. The van der Waals surface area contributed by atoms with E-state index >= 15 is 0 Å². The number of hydrogen-bond acceptors (Lipinski definition) is 23. The molecule has 72 heavy (non-hydrogen) atoms. The Kier molecular flexibility index (Phi) is 28.5. The zero-order valence-electron chi connectivity index (χ0n) is 41.4. The van der Waals surface area contributed by atoms with E-state index in [2.05, 4.69) is 50.4 Å². The number of aliphatic hydroxyl groups is 3. The number of thioether (sulfide) groups is 1. The normalized spacial score (nSPS) is 20.0. The van der Waals surface area contributed by atoms with E-state index in [0.29, 0.717) is 6.42 Å². The third-order valence-electron chi connectivity index (χ3n) is 11.8. The molecule has 3 heterocycles. The number of aromatic nitrogens is 4. The molecule has 7 N–H and O–H groups in total. The van der Waals surface area contributed by atoms with Crippen LogP contribution in [0.15, 0.2) is 12.7 Å². The first-order valence-corrected chi connectivity index (χ1v) is 30.0. The molecule has 0 bridgehead atoms. The molecule has 2 aromatic rings. The highest BCUT2D eigenvalue weighted by molar-refractivity contribution is 8.13. The summed E-state index contributed by atoms with van der Waals surface area (Å²) in [6.07, 6.45) is 14.1. The van der Waals surface area contributed by atoms with Crippen molar-refractivity contribution in [2.45, 2.75) is 186 Å². The van der Waals surface area contributed by atoms with E-state index in [1.165, 1.54) is 104 Å². The Balaban J connectivity index is 1.26. The molecule has 29 heteroatoms. The quantitative estimate of drug-likeness (QED) is 0.0414. The molecule has 25 nitrogen and oxygen atoms in total. The molecular formula is C43H74N7O18P3S-4. The summed E-state index contributed by atoms with van der Waals surface area (Å²) in [5.74, 6) is -1.39. The topological polar surface area (TPSA) is 395 Å². The van der Waals surface area contributed by atoms with Gasteiger partial charge in [0.2, 0.25) is 16.9 Å². The van der Waals surface area contributed by atoms with Crippen molar-refractivity contribution >= 4 is 69.1 Å². The number of phosphoric acid groups is 3. The van der Waals surface area contributed by atoms with E-state index in [1.807, 2.05) is 0 Å². The van der Waals surface area contributed by atoms with Gasteiger partial charge in [0.1, 0.15) is 42.4 Å². The van der Waals surface area contributed by atoms with Crippen LogP contribution < -0.4 is 35.9 Å². The highest BCUT2D eigenvalue weighted by Crippen LogP contribution is 2.56. The minimum Gasteiger partial charge on any atom is -0.790 e. The van der Waals surface area contributed by atoms with Crippen molar-refractivity contribution in [1.82, 2.24) is 30.2 Å². The third kappa shape index (κ3) is 24.0. The summed E-state index contributed by atoms with van der Waals surface area (Å²) >= 11 is 0.907. The van der Waals surface area contributed by atoms with Gasteiger partial charge in [0.25, 0.3) is 15.6 Å². The molecule has 0 radical (unpaired) electrons. The summed E-state index contributed by atoms with van der Waals surface area (Å²) in [7, 11) is -17.6. The highest BCUT2D eigenvalue weighted by atomic mass is 32.2. The second kappa shape index (κ2) is 32.2. The predicted molar refractivity (Wildman–Crippen MR) is 258 cm³/mol. The van der Waals surface area contributed by atoms with Crippen LogP contribution in [-0.2, 0) is 50.7 Å². The molecule has 1 aliphatic rings. The van der Waals surface area contributed by atoms with Gasteiger partial charge < -0.3 is 74.1 Å². The molecule has 3 unspecified atom stereocenters. The van der Waals surface area contributed by atoms with Crippen molar-refractivity contribution in [3.05, 3.63) is 12.7 Å². The number of aliphatic hydroxyl groups excluding tert-OH is 3. The van der Waals surface area contributed by atoms with Gasteiger partial charge in [-0.25, -0.2) is 19.3 Å². The Hall–Kier alpha value is -2.48. The van der Waals surface area contributed by atoms with Gasteiger partial charge in [-0.2, -0.15) is 0 Å². The number of nitrogens with two attached hydrogens (primary N) is 1. The van der Waals surface area contributed by atoms with Gasteiger partial charge in [0.15, 0.2) is 17.7 Å². The molecule has 1 saturated heterocycles. The van der Waals surface area contributed by atoms with Gasteiger partial charge in [-0.05, 0) is 6.42 Å². The Morgan fingerprint density at radius 3 is 1.96 bits per heavy atom. The van der Waals surface area contributed by atoms with E-state index in [9.17, 15) is 63.0 Å². The number of unbranched alkanes of at least 4 members (excludes halogenated alkanes) is 17. The first-order chi connectivity index (χ1) is 34.0. The van der Waals surface area contributed by atoms with Crippen LogP contribution in [0, 0.1) is 5.41 Å². The van der Waals surface area contributed by atoms with Gasteiger partial charge in [-0.3, -0.25) is 28.1 Å². The lowest BCUT2D eigenvalue weighted by Crippen LogP contribution is -2.46. The number of phosphoric ester groups is 3. The number of ether oxygens (including phenoxy) is 1. The van der Waals surface area contributed by atoms with Crippen molar-refractivity contribution in [3.8, 4) is 0 Å². The number of carbonyl (C=O) groups excluding carboxylic acids is 3. The van der Waals surface area contributed by atoms with E-state index < -0.39 is 90.7 Å². The zero-order chi connectivity index (χ0) is 53.4. The van der Waals surface area contributed by atoms with Crippen LogP contribution in [0.5, 0.6) is 0 Å². The smallest absolute Gasteiger partial charge is 0.274 e. The summed E-state index contributed by atoms with van der Waals surface area (Å²) in [6.45, 7) is 2.21. The number of carbonyl (C=O) groups is 3. The van der Waals surface area contributed by atoms with Gasteiger partial charge in [0, 0.05) is 30.7 Å². The first kappa shape index (κ1) is 63.8. The van der Waals surface area contributed by atoms with Crippen molar-refractivity contribution in [2.24, 2.45) is 5.41 Å². The summed E-state index contributed by atoms with van der Waals surface area (Å²) in [6, 6.07) is 0. The van der Waals surface area contributed by atoms with Gasteiger partial charge >= 0.3 is 0 Å². The van der Waals surface area contributed by atoms with Crippen molar-refractivity contribution in [2.75, 3.05) is 37.8 Å². The molecule has 8 atom stereocenters. The van der Waals surface area contributed by atoms with Gasteiger partial charge in [0.05, 0.1) is 27.4 Å². The van der Waals surface area contributed by atoms with Crippen LogP contribution in [-0.4, -0.2) is 114 Å². The molecule has 414 valence electrons. The minimum atomic E-state index is -5.93. The molecule has 3 rings (SSSR count). The number of rotatable bonds is 39. The number of nitrogens with zero attached hydrogens (tertiary/aromatic N) is 4. The highest BCUT2D eigenvalue weighted by Gasteiger charge is 2.47. The van der Waals surface area contributed by atoms with Crippen LogP contribution in [0.3, 0.4) is 0 Å². The van der Waals surface area contributed by atoms with Crippen LogP contribution in [0.2, 0.25) is 0 Å². The number of amides is 2. The molecule has 1 aliphatic heterocycles. The average Bonchev–Trinajstić information content (AvgIpc) is 3.87. The van der Waals surface area contributed by atoms with Gasteiger partial charge in [-0.15, -0.1) is 0 Å². The molecule has 0 aliphatic carbocycles. The number of fused-ring (bicyclic) bond motifs is 1. The lowest BCUT2D eigenvalue weighted by atomic mass is 9.87. The van der Waals surface area contributed by atoms with Crippen molar-refractivity contribution in [1.29, 1.82) is 0 Å². The first-order valence-electron chi connectivity index (χ1n) is 24.6. The largest absolute Gasteiger partial charge is 0.790 e. The molecule has 2 aromatic heterocycles. The van der Waals surface area contributed by atoms with E-state index in [-0.39, 0.29) is 47.4 Å². The molecular weight excluding hydrogens is 1030 g/mol. The molecule has 0 saturated carbocycles. The summed E-state index contributed by atoms with van der Waals surface area (Å²) in [4.78, 5) is 97.1. The number of hydrogen-bond donors (Lipinski definition) is 6. The van der Waals surface area contributed by atoms with Crippen LogP contribution >= 0.6 is 35.2 Å². The number of anilines is 1. The fourth-order valence-electron chi connectivity index (χ4n) is 7.71. The molecule has 0 spiro atoms. The standard InChI is InChI=1S/C43H78N7O18P3S/c1-4-5-6-7-8-9-10-11-12-13-14-15-16-17-18-19-20-21-22-31(51)42(56)72-26-25-45-33(52)23-24-46-40(55)37(54)43(2,3)28-65-71(62,63)68-70(60,61)64-27-32-36(67-69(57,58)59)35(53)41(66-32)50-30-49-34-38(44)47-29-48-39(34)50/h29-32,35-37,41,51,53-54H,4-28H2,1-3H3,(H,45,52)(H,46,55)(H,60,61)(H,62,63)(H2,44,47,48)(H2,57,58,59)/p-4/t31?,32-,35-,36-,37+,41-/m1/s1. The number of imidazole rings is 1. The molecule has 2 amide bonds. The number of nitrogens with one attached hydrogen (secondary N) is 2. The predicted octanol–water partition coefficient (Wildman–Crippen LogP) is 2.93. The van der Waals surface area contributed by atoms with Crippen LogP contribution in [0.1, 0.15) is 155 Å². The van der Waals surface area contributed by atoms with Crippen molar-refractivity contribution in [3.63, 3.8) is 0 Å². The third-order valence-corrected chi connectivity index (χ3v) is 15.8. The second-order valence-corrected chi connectivity index (χ2v) is 23.6. The maximum Gasteiger partial charge on any atom is 0.274 e. The SMILES string of the molecule is CCCCCCCCCCCCCCCCCCCCC(O)C(=O)SCCNC(=O)CCNC(=O)[C@H](O)C(C)(C)COP(=O)([O-])OP(=O)([O-])OC[C@H]1O[C@@H](n2cnc3c(N)ncnc32)[C@H](O)[C@@H]1OP(=O)([O-])[O-]. The molecule has 1 fully saturated rings. The lowest BCUT2D eigenvalue weighted by molar-refractivity contribution is -0.347. The zero-order valence-corrected chi connectivity index (χ0v) is 44.9. The minimum absolute atomic E-state index is 0.0236. The van der Waals surface area contributed by atoms with Crippen LogP contribution in [0.25, 0.3) is 11.2 Å². The fourth-order valence-corrected chi connectivity index (χ4v) is 11.2. The average molecular weight is 1100 g/mol. The lowest BCUT2D eigenvalue weighted by Gasteiger charge is -2.36.